The van der Waals surface area contributed by atoms with Crippen LogP contribution in [0.5, 0.6) is 11.5 Å². The van der Waals surface area contributed by atoms with E-state index in [2.05, 4.69) is 17.9 Å². The van der Waals surface area contributed by atoms with Crippen molar-refractivity contribution in [3.05, 3.63) is 47.9 Å². The Morgan fingerprint density at radius 1 is 1.29 bits per heavy atom. The Morgan fingerprint density at radius 2 is 2.10 bits per heavy atom. The smallest absolute Gasteiger partial charge is 0.287 e. The highest BCUT2D eigenvalue weighted by molar-refractivity contribution is 7.80. The van der Waals surface area contributed by atoms with Gasteiger partial charge in [0.1, 0.15) is 23.9 Å². The summed E-state index contributed by atoms with van der Waals surface area (Å²) in [4.78, 5) is 11.7. The third-order valence-electron chi connectivity index (χ3n) is 2.71. The molecule has 0 unspecified atom stereocenters. The lowest BCUT2D eigenvalue weighted by Crippen LogP contribution is -2.24. The minimum Gasteiger partial charge on any atom is -0.497 e. The van der Waals surface area contributed by atoms with Crippen molar-refractivity contribution in [3.8, 4) is 11.5 Å². The van der Waals surface area contributed by atoms with Gasteiger partial charge in [0.05, 0.1) is 7.11 Å². The number of hydrogen-bond donors (Lipinski definition) is 2. The highest BCUT2D eigenvalue weighted by Gasteiger charge is 2.10. The Bertz CT molecular complexity index is 597. The number of nitrogens with one attached hydrogen (secondary N) is 1. The molecule has 0 aliphatic heterocycles. The molecule has 0 saturated carbocycles. The molecule has 0 saturated heterocycles. The number of ether oxygens (including phenoxy) is 2. The number of rotatable bonds is 7. The van der Waals surface area contributed by atoms with Crippen molar-refractivity contribution in [3.63, 3.8) is 0 Å². The van der Waals surface area contributed by atoms with Gasteiger partial charge in [0, 0.05) is 18.4 Å². The van der Waals surface area contributed by atoms with Crippen molar-refractivity contribution in [2.75, 3.05) is 19.4 Å². The molecule has 1 N–H and O–H groups in total. The molecule has 5 nitrogen and oxygen atoms in total. The van der Waals surface area contributed by atoms with E-state index in [4.69, 9.17) is 13.9 Å². The molecule has 1 aromatic heterocycles. The third-order valence-corrected chi connectivity index (χ3v) is 2.93. The van der Waals surface area contributed by atoms with Gasteiger partial charge in [-0.1, -0.05) is 6.07 Å². The molecular weight excluding hydrogens is 290 g/mol. The Morgan fingerprint density at radius 3 is 2.86 bits per heavy atom. The van der Waals surface area contributed by atoms with E-state index < -0.39 is 0 Å². The molecule has 1 amide bonds. The lowest BCUT2D eigenvalue weighted by molar-refractivity contribution is 0.0924. The Balaban J connectivity index is 1.91. The normalized spacial score (nSPS) is 10.2. The number of benzene rings is 1. The summed E-state index contributed by atoms with van der Waals surface area (Å²) in [5.41, 5.74) is 0. The summed E-state index contributed by atoms with van der Waals surface area (Å²) in [6.45, 7) is 0.741. The van der Waals surface area contributed by atoms with Crippen LogP contribution < -0.4 is 14.8 Å². The first-order valence-corrected chi connectivity index (χ1v) is 7.11. The van der Waals surface area contributed by atoms with Crippen LogP contribution in [0.4, 0.5) is 0 Å². The number of carbonyl (C=O) groups is 1. The van der Waals surface area contributed by atoms with Crippen LogP contribution in [0.1, 0.15) is 16.3 Å². The van der Waals surface area contributed by atoms with Crippen LogP contribution in [-0.4, -0.2) is 25.3 Å². The van der Waals surface area contributed by atoms with Crippen LogP contribution in [0.15, 0.2) is 40.8 Å². The molecule has 2 aromatic rings. The van der Waals surface area contributed by atoms with Gasteiger partial charge in [-0.25, -0.2) is 0 Å². The Hall–Kier alpha value is -2.08. The second-order valence-corrected chi connectivity index (χ2v) is 4.66. The van der Waals surface area contributed by atoms with Crippen LogP contribution in [0.25, 0.3) is 0 Å². The predicted molar refractivity (Wildman–Crippen MR) is 82.2 cm³/mol. The average Bonchev–Trinajstić information content (AvgIpc) is 3.00. The summed E-state index contributed by atoms with van der Waals surface area (Å²) < 4.78 is 16.1. The third kappa shape index (κ3) is 4.46. The molecule has 1 aromatic carbocycles. The van der Waals surface area contributed by atoms with Gasteiger partial charge in [-0.15, -0.1) is 0 Å². The van der Waals surface area contributed by atoms with Crippen molar-refractivity contribution >= 4 is 18.5 Å². The van der Waals surface area contributed by atoms with Crippen molar-refractivity contribution in [2.45, 2.75) is 6.61 Å². The molecule has 0 radical (unpaired) electrons. The first-order valence-electron chi connectivity index (χ1n) is 6.47. The van der Waals surface area contributed by atoms with Gasteiger partial charge >= 0.3 is 0 Å². The summed E-state index contributed by atoms with van der Waals surface area (Å²) in [7, 11) is 1.60. The van der Waals surface area contributed by atoms with Crippen molar-refractivity contribution in [1.29, 1.82) is 0 Å². The molecule has 0 aliphatic carbocycles. The SMILES string of the molecule is COc1cccc(OCc2ccc(C(=O)NCCS)o2)c1. The lowest BCUT2D eigenvalue weighted by Gasteiger charge is -2.06. The standard InChI is InChI=1S/C15H17NO4S/c1-18-11-3-2-4-12(9-11)19-10-13-5-6-14(20-13)15(17)16-7-8-21/h2-6,9,21H,7-8,10H2,1H3,(H,16,17). The van der Waals surface area contributed by atoms with Crippen molar-refractivity contribution < 1.29 is 18.7 Å². The maximum Gasteiger partial charge on any atom is 0.287 e. The molecule has 0 bridgehead atoms. The minimum atomic E-state index is -0.253. The fourth-order valence-corrected chi connectivity index (χ4v) is 1.79. The van der Waals surface area contributed by atoms with Gasteiger partial charge in [-0.2, -0.15) is 12.6 Å². The molecule has 112 valence electrons. The van der Waals surface area contributed by atoms with E-state index in [1.165, 1.54) is 0 Å². The van der Waals surface area contributed by atoms with Crippen molar-refractivity contribution in [1.82, 2.24) is 5.32 Å². The first-order chi connectivity index (χ1) is 10.2. The van der Waals surface area contributed by atoms with E-state index in [9.17, 15) is 4.79 Å². The number of methoxy groups -OCH3 is 1. The number of thiol groups is 1. The van der Waals surface area contributed by atoms with E-state index in [1.807, 2.05) is 18.2 Å². The van der Waals surface area contributed by atoms with Crippen LogP contribution >= 0.6 is 12.6 Å². The van der Waals surface area contributed by atoms with Gasteiger partial charge in [-0.3, -0.25) is 4.79 Å². The van der Waals surface area contributed by atoms with Crippen LogP contribution in [0.3, 0.4) is 0 Å². The van der Waals surface area contributed by atoms with E-state index in [1.54, 1.807) is 25.3 Å². The van der Waals surface area contributed by atoms with E-state index in [0.29, 0.717) is 23.8 Å². The predicted octanol–water partition coefficient (Wildman–Crippen LogP) is 2.53. The number of hydrogen-bond acceptors (Lipinski definition) is 5. The van der Waals surface area contributed by atoms with Crippen molar-refractivity contribution in [2.24, 2.45) is 0 Å². The summed E-state index contributed by atoms with van der Waals surface area (Å²) >= 11 is 4.03. The zero-order valence-corrected chi connectivity index (χ0v) is 12.6. The zero-order valence-electron chi connectivity index (χ0n) is 11.7. The molecule has 2 rings (SSSR count). The largest absolute Gasteiger partial charge is 0.497 e. The molecule has 1 heterocycles. The lowest BCUT2D eigenvalue weighted by atomic mass is 10.3. The molecule has 0 spiro atoms. The fourth-order valence-electron chi connectivity index (χ4n) is 1.68. The summed E-state index contributed by atoms with van der Waals surface area (Å²) in [6, 6.07) is 10.6. The monoisotopic (exact) mass is 307 g/mol. The average molecular weight is 307 g/mol. The fraction of sp³-hybridized carbons (Fsp3) is 0.267. The van der Waals surface area contributed by atoms with Gasteiger partial charge < -0.3 is 19.2 Å². The van der Waals surface area contributed by atoms with Gasteiger partial charge in [0.15, 0.2) is 5.76 Å². The van der Waals surface area contributed by atoms with E-state index in [-0.39, 0.29) is 18.3 Å². The molecule has 6 heteroatoms. The molecule has 0 atom stereocenters. The molecule has 21 heavy (non-hydrogen) atoms. The molecule has 0 aliphatic rings. The van der Waals surface area contributed by atoms with Gasteiger partial charge in [0.25, 0.3) is 5.91 Å². The molecular formula is C15H17NO4S. The Labute approximate surface area is 128 Å². The maximum atomic E-state index is 11.7. The number of carbonyl (C=O) groups excluding carboxylic acids is 1. The second kappa shape index (κ2) is 7.64. The zero-order chi connectivity index (χ0) is 15.1. The number of amides is 1. The highest BCUT2D eigenvalue weighted by Crippen LogP contribution is 2.20. The molecule has 0 fully saturated rings. The van der Waals surface area contributed by atoms with Gasteiger partial charge in [-0.05, 0) is 24.3 Å². The van der Waals surface area contributed by atoms with Gasteiger partial charge in [0.2, 0.25) is 0 Å². The van der Waals surface area contributed by atoms with Crippen LogP contribution in [0, 0.1) is 0 Å². The first kappa shape index (κ1) is 15.3. The summed E-state index contributed by atoms with van der Waals surface area (Å²) in [6.07, 6.45) is 0. The van der Waals surface area contributed by atoms with Crippen LogP contribution in [0.2, 0.25) is 0 Å². The van der Waals surface area contributed by atoms with E-state index in [0.717, 1.165) is 5.75 Å². The van der Waals surface area contributed by atoms with Crippen LogP contribution in [-0.2, 0) is 6.61 Å². The number of furan rings is 1. The maximum absolute atomic E-state index is 11.7. The minimum absolute atomic E-state index is 0.243. The quantitative estimate of drug-likeness (QED) is 0.772. The highest BCUT2D eigenvalue weighted by atomic mass is 32.1. The van der Waals surface area contributed by atoms with E-state index >= 15 is 0 Å². The Kier molecular flexibility index (Phi) is 5.57. The topological polar surface area (TPSA) is 60.7 Å². The summed E-state index contributed by atoms with van der Waals surface area (Å²) in [5, 5.41) is 2.68. The second-order valence-electron chi connectivity index (χ2n) is 4.21. The summed E-state index contributed by atoms with van der Waals surface area (Å²) in [5.74, 6) is 2.57.